The first kappa shape index (κ1) is 12.6. The van der Waals surface area contributed by atoms with Crippen molar-refractivity contribution in [1.82, 2.24) is 24.5 Å². The number of ether oxygens (including phenoxy) is 1. The van der Waals surface area contributed by atoms with Gasteiger partial charge in [0.15, 0.2) is 23.2 Å². The summed E-state index contributed by atoms with van der Waals surface area (Å²) in [5.74, 6) is 0.132. The predicted octanol–water partition coefficient (Wildman–Crippen LogP) is -2.41. The molecule has 1 saturated heterocycles. The number of hydrogen-bond donors (Lipinski definition) is 3. The van der Waals surface area contributed by atoms with E-state index >= 15 is 0 Å². The highest BCUT2D eigenvalue weighted by atomic mass is 16.6. The molecular weight excluding hydrogens is 284 g/mol. The highest BCUT2D eigenvalue weighted by Gasteiger charge is 2.47. The number of nitrogens with one attached hydrogen (secondary N) is 1. The molecule has 11 heteroatoms. The Hall–Kier alpha value is -2.08. The fourth-order valence-corrected chi connectivity index (χ4v) is 2.78. The van der Waals surface area contributed by atoms with E-state index in [1.165, 1.54) is 11.8 Å². The van der Waals surface area contributed by atoms with Crippen LogP contribution in [0, 0.1) is 0 Å². The van der Waals surface area contributed by atoms with Crippen molar-refractivity contribution >= 4 is 17.0 Å². The maximum atomic E-state index is 12.3. The van der Waals surface area contributed by atoms with E-state index in [0.29, 0.717) is 11.2 Å². The third-order valence-electron chi connectivity index (χ3n) is 3.72. The largest absolute Gasteiger partial charge is 0.387 e. The Morgan fingerprint density at radius 3 is 3.00 bits per heavy atom. The molecule has 4 heterocycles. The third kappa shape index (κ3) is 1.56. The van der Waals surface area contributed by atoms with E-state index in [4.69, 9.17) is 9.57 Å². The zero-order chi connectivity index (χ0) is 14.7. The molecule has 0 spiro atoms. The number of aliphatic hydroxyl groups excluding tert-OH is 2. The third-order valence-corrected chi connectivity index (χ3v) is 3.72. The van der Waals surface area contributed by atoms with Crippen LogP contribution in [0.25, 0.3) is 11.2 Å². The zero-order valence-corrected chi connectivity index (χ0v) is 10.9. The van der Waals surface area contributed by atoms with Crippen LogP contribution in [0.5, 0.6) is 0 Å². The summed E-state index contributed by atoms with van der Waals surface area (Å²) in [4.78, 5) is 20.8. The van der Waals surface area contributed by atoms with Gasteiger partial charge < -0.3 is 14.9 Å². The van der Waals surface area contributed by atoms with E-state index in [1.807, 2.05) is 0 Å². The van der Waals surface area contributed by atoms with Gasteiger partial charge in [-0.1, -0.05) is 5.21 Å². The first-order valence-electron chi connectivity index (χ1n) is 6.28. The van der Waals surface area contributed by atoms with Gasteiger partial charge in [0.2, 0.25) is 0 Å². The second-order valence-corrected chi connectivity index (χ2v) is 4.91. The first-order chi connectivity index (χ1) is 10.1. The average Bonchev–Trinajstić information content (AvgIpc) is 2.91. The fraction of sp³-hybridized carbons (Fsp3) is 0.600. The molecule has 1 fully saturated rings. The molecule has 112 valence electrons. The van der Waals surface area contributed by atoms with Gasteiger partial charge in [-0.05, 0) is 0 Å². The van der Waals surface area contributed by atoms with Gasteiger partial charge >= 0.3 is 5.69 Å². The smallest absolute Gasteiger partial charge is 0.353 e. The van der Waals surface area contributed by atoms with Gasteiger partial charge in [-0.2, -0.15) is 4.98 Å². The summed E-state index contributed by atoms with van der Waals surface area (Å²) in [6.07, 6.45) is -4.02. The Labute approximate surface area is 116 Å². The predicted molar refractivity (Wildman–Crippen MR) is 66.1 cm³/mol. The van der Waals surface area contributed by atoms with Gasteiger partial charge in [-0.3, -0.25) is 4.84 Å². The number of fused-ring (bicyclic) bond motifs is 3. The summed E-state index contributed by atoms with van der Waals surface area (Å²) in [5, 5.41) is 27.9. The molecule has 2 aromatic heterocycles. The molecule has 0 saturated carbocycles. The quantitative estimate of drug-likeness (QED) is 0.517. The Morgan fingerprint density at radius 1 is 1.43 bits per heavy atom. The number of rotatable bonds is 2. The van der Waals surface area contributed by atoms with Crippen molar-refractivity contribution in [3.63, 3.8) is 0 Å². The summed E-state index contributed by atoms with van der Waals surface area (Å²) in [5.41, 5.74) is 2.48. The normalized spacial score (nSPS) is 30.6. The topological polar surface area (TPSA) is 137 Å². The van der Waals surface area contributed by atoms with Crippen molar-refractivity contribution in [2.75, 3.05) is 12.6 Å². The number of hydrogen-bond acceptors (Lipinski definition) is 9. The van der Waals surface area contributed by atoms with Crippen LogP contribution in [0.4, 0.5) is 5.82 Å². The molecule has 0 amide bonds. The number of anilines is 1. The highest BCUT2D eigenvalue weighted by molar-refractivity contribution is 5.82. The second kappa shape index (κ2) is 4.21. The van der Waals surface area contributed by atoms with Crippen molar-refractivity contribution in [1.29, 1.82) is 0 Å². The molecule has 4 atom stereocenters. The van der Waals surface area contributed by atoms with Gasteiger partial charge in [0.05, 0.1) is 13.7 Å². The lowest BCUT2D eigenvalue weighted by Crippen LogP contribution is -2.39. The van der Waals surface area contributed by atoms with Crippen molar-refractivity contribution in [2.24, 2.45) is 0 Å². The lowest BCUT2D eigenvalue weighted by atomic mass is 10.1. The summed E-state index contributed by atoms with van der Waals surface area (Å²) in [7, 11) is 1.38. The summed E-state index contributed by atoms with van der Waals surface area (Å²) < 4.78 is 8.13. The lowest BCUT2D eigenvalue weighted by Gasteiger charge is -2.19. The fourth-order valence-electron chi connectivity index (χ4n) is 2.78. The summed E-state index contributed by atoms with van der Waals surface area (Å²) in [6.45, 7) is 0.168. The van der Waals surface area contributed by atoms with Crippen LogP contribution in [0.2, 0.25) is 0 Å². The lowest BCUT2D eigenvalue weighted by molar-refractivity contribution is -0.0357. The Kier molecular flexibility index (Phi) is 2.53. The molecule has 0 radical (unpaired) electrons. The number of nitrogens with zero attached hydrogens (tertiary/aromatic N) is 5. The molecule has 2 aliphatic rings. The monoisotopic (exact) mass is 296 g/mol. The van der Waals surface area contributed by atoms with Crippen LogP contribution >= 0.6 is 0 Å². The maximum absolute atomic E-state index is 12.3. The summed E-state index contributed by atoms with van der Waals surface area (Å²) >= 11 is 0. The molecule has 2 aromatic rings. The van der Waals surface area contributed by atoms with Gasteiger partial charge in [0, 0.05) is 0 Å². The zero-order valence-electron chi connectivity index (χ0n) is 10.9. The first-order valence-corrected chi connectivity index (χ1v) is 6.28. The Bertz CT molecular complexity index is 771. The molecule has 3 N–H and O–H groups in total. The molecule has 0 aliphatic carbocycles. The van der Waals surface area contributed by atoms with E-state index in [0.717, 1.165) is 4.57 Å². The van der Waals surface area contributed by atoms with Crippen molar-refractivity contribution in [3.8, 4) is 0 Å². The van der Waals surface area contributed by atoms with Gasteiger partial charge in [-0.15, -0.1) is 5.10 Å². The van der Waals surface area contributed by atoms with E-state index in [1.54, 1.807) is 0 Å². The Morgan fingerprint density at radius 2 is 2.24 bits per heavy atom. The molecule has 4 rings (SSSR count). The van der Waals surface area contributed by atoms with Crippen molar-refractivity contribution in [2.45, 2.75) is 31.1 Å². The van der Waals surface area contributed by atoms with E-state index < -0.39 is 30.2 Å². The van der Waals surface area contributed by atoms with E-state index in [2.05, 4.69) is 20.8 Å². The minimum atomic E-state index is -1.22. The maximum Gasteiger partial charge on any atom is 0.353 e. The van der Waals surface area contributed by atoms with Crippen LogP contribution in [0.3, 0.4) is 0 Å². The molecule has 2 unspecified atom stereocenters. The van der Waals surface area contributed by atoms with Crippen LogP contribution in [0.15, 0.2) is 4.79 Å². The van der Waals surface area contributed by atoms with Crippen LogP contribution in [-0.2, 0) is 16.1 Å². The molecule has 2 bridgehead atoms. The second-order valence-electron chi connectivity index (χ2n) is 4.91. The van der Waals surface area contributed by atoms with Crippen molar-refractivity contribution < 1.29 is 19.8 Å². The standard InChI is InChI=1S/C10H12N6O5/c1-20-13-7-4-8-15(14-12-4)2-3-5(17)6(18)9(21-3)16(8)10(19)11-7/h3,5-6,9,17-18H,2H2,1H3,(H,11,13,19)/t3-,5?,6?,9-/m0/s1. The van der Waals surface area contributed by atoms with E-state index in [-0.39, 0.29) is 12.4 Å². The molecule has 0 aromatic carbocycles. The Balaban J connectivity index is 2.03. The number of aromatic nitrogens is 5. The van der Waals surface area contributed by atoms with Gasteiger partial charge in [0.1, 0.15) is 18.3 Å². The van der Waals surface area contributed by atoms with Crippen LogP contribution in [0.1, 0.15) is 6.23 Å². The summed E-state index contributed by atoms with van der Waals surface area (Å²) in [6, 6.07) is 0. The molecule has 21 heavy (non-hydrogen) atoms. The molecule has 11 nitrogen and oxygen atoms in total. The van der Waals surface area contributed by atoms with Gasteiger partial charge in [0.25, 0.3) is 0 Å². The number of aliphatic hydroxyl groups is 2. The minimum absolute atomic E-state index is 0.132. The van der Waals surface area contributed by atoms with Crippen LogP contribution < -0.4 is 11.2 Å². The van der Waals surface area contributed by atoms with Gasteiger partial charge in [-0.25, -0.2) is 19.5 Å². The SMILES string of the molecule is CONc1nc(=O)n2c3c1nnn3C[C@@H]1O[C@H]2C(O)C1O. The minimum Gasteiger partial charge on any atom is -0.387 e. The molecular formula is C10H12N6O5. The van der Waals surface area contributed by atoms with Crippen molar-refractivity contribution in [3.05, 3.63) is 10.5 Å². The molecule has 2 aliphatic heterocycles. The highest BCUT2D eigenvalue weighted by Crippen LogP contribution is 2.34. The van der Waals surface area contributed by atoms with Crippen LogP contribution in [-0.4, -0.2) is 60.2 Å². The van der Waals surface area contributed by atoms with E-state index in [9.17, 15) is 15.0 Å². The average molecular weight is 296 g/mol.